The lowest BCUT2D eigenvalue weighted by Crippen LogP contribution is -2.22. The molecule has 2 heterocycles. The maximum atomic E-state index is 8.72. The first-order chi connectivity index (χ1) is 9.49. The lowest BCUT2D eigenvalue weighted by Gasteiger charge is -2.17. The Morgan fingerprint density at radius 2 is 2.25 bits per heavy atom. The molecule has 0 aromatic carbocycles. The number of rotatable bonds is 4. The van der Waals surface area contributed by atoms with Crippen LogP contribution in [0.15, 0.2) is 23.6 Å². The Balaban J connectivity index is 2.25. The van der Waals surface area contributed by atoms with E-state index in [0.717, 1.165) is 11.3 Å². The van der Waals surface area contributed by atoms with Gasteiger partial charge in [-0.15, -0.1) is 0 Å². The SMILES string of the molecule is Cc1cc(/C(N)=N/O)nc(N(C)Cc2cnn(C)c2)n1. The Hall–Kier alpha value is -2.64. The molecule has 8 heteroatoms. The number of hydrogen-bond acceptors (Lipinski definition) is 6. The second-order valence-electron chi connectivity index (χ2n) is 4.56. The third kappa shape index (κ3) is 3.02. The highest BCUT2D eigenvalue weighted by molar-refractivity contribution is 5.95. The molecular weight excluding hydrogens is 258 g/mol. The molecule has 2 aromatic heterocycles. The first-order valence-corrected chi connectivity index (χ1v) is 6.02. The van der Waals surface area contributed by atoms with Crippen molar-refractivity contribution in [1.29, 1.82) is 0 Å². The molecule has 0 radical (unpaired) electrons. The number of amidine groups is 1. The van der Waals surface area contributed by atoms with Gasteiger partial charge in [-0.05, 0) is 13.0 Å². The van der Waals surface area contributed by atoms with Crippen LogP contribution >= 0.6 is 0 Å². The van der Waals surface area contributed by atoms with E-state index in [1.807, 2.05) is 32.1 Å². The largest absolute Gasteiger partial charge is 0.409 e. The van der Waals surface area contributed by atoms with Gasteiger partial charge in [0.05, 0.1) is 6.20 Å². The second kappa shape index (κ2) is 5.55. The maximum absolute atomic E-state index is 8.72. The van der Waals surface area contributed by atoms with Gasteiger partial charge in [0.15, 0.2) is 5.84 Å². The molecule has 0 saturated carbocycles. The van der Waals surface area contributed by atoms with E-state index in [1.54, 1.807) is 16.9 Å². The summed E-state index contributed by atoms with van der Waals surface area (Å²) >= 11 is 0. The number of oxime groups is 1. The lowest BCUT2D eigenvalue weighted by atomic mass is 10.3. The minimum atomic E-state index is -0.0356. The Morgan fingerprint density at radius 3 is 2.85 bits per heavy atom. The van der Waals surface area contributed by atoms with E-state index >= 15 is 0 Å². The molecule has 8 nitrogen and oxygen atoms in total. The first-order valence-electron chi connectivity index (χ1n) is 6.02. The fourth-order valence-corrected chi connectivity index (χ4v) is 1.80. The molecule has 3 N–H and O–H groups in total. The normalized spacial score (nSPS) is 11.7. The van der Waals surface area contributed by atoms with Gasteiger partial charge < -0.3 is 15.8 Å². The second-order valence-corrected chi connectivity index (χ2v) is 4.56. The van der Waals surface area contributed by atoms with Gasteiger partial charge in [0.1, 0.15) is 5.69 Å². The zero-order chi connectivity index (χ0) is 14.7. The van der Waals surface area contributed by atoms with Crippen LogP contribution in [0.5, 0.6) is 0 Å². The summed E-state index contributed by atoms with van der Waals surface area (Å²) in [6.07, 6.45) is 3.72. The zero-order valence-electron chi connectivity index (χ0n) is 11.6. The molecule has 2 rings (SSSR count). The molecule has 0 aliphatic carbocycles. The summed E-state index contributed by atoms with van der Waals surface area (Å²) in [5.41, 5.74) is 7.75. The van der Waals surface area contributed by atoms with Crippen LogP contribution < -0.4 is 10.6 Å². The smallest absolute Gasteiger partial charge is 0.226 e. The van der Waals surface area contributed by atoms with Crippen molar-refractivity contribution in [3.05, 3.63) is 35.4 Å². The molecule has 0 spiro atoms. The van der Waals surface area contributed by atoms with E-state index in [0.29, 0.717) is 18.2 Å². The Morgan fingerprint density at radius 1 is 1.50 bits per heavy atom. The number of hydrogen-bond donors (Lipinski definition) is 2. The van der Waals surface area contributed by atoms with Gasteiger partial charge in [-0.25, -0.2) is 9.97 Å². The summed E-state index contributed by atoms with van der Waals surface area (Å²) in [7, 11) is 3.74. The molecule has 0 unspecified atom stereocenters. The highest BCUT2D eigenvalue weighted by Crippen LogP contribution is 2.12. The molecular formula is C12H17N7O. The molecule has 0 aliphatic rings. The predicted molar refractivity (Wildman–Crippen MR) is 74.6 cm³/mol. The van der Waals surface area contributed by atoms with Crippen molar-refractivity contribution in [3.8, 4) is 0 Å². The highest BCUT2D eigenvalue weighted by Gasteiger charge is 2.11. The van der Waals surface area contributed by atoms with E-state index in [-0.39, 0.29) is 5.84 Å². The summed E-state index contributed by atoms with van der Waals surface area (Å²) in [5, 5.41) is 15.8. The van der Waals surface area contributed by atoms with Crippen LogP contribution in [0.2, 0.25) is 0 Å². The molecule has 106 valence electrons. The molecule has 0 atom stereocenters. The molecule has 2 aromatic rings. The lowest BCUT2D eigenvalue weighted by molar-refractivity contribution is 0.318. The molecule has 0 amide bonds. The van der Waals surface area contributed by atoms with Gasteiger partial charge in [-0.2, -0.15) is 5.10 Å². The third-order valence-electron chi connectivity index (χ3n) is 2.73. The van der Waals surface area contributed by atoms with Gasteiger partial charge in [0.2, 0.25) is 5.95 Å². The van der Waals surface area contributed by atoms with Crippen LogP contribution in [0.4, 0.5) is 5.95 Å². The van der Waals surface area contributed by atoms with Crippen molar-refractivity contribution >= 4 is 11.8 Å². The molecule has 20 heavy (non-hydrogen) atoms. The third-order valence-corrected chi connectivity index (χ3v) is 2.73. The van der Waals surface area contributed by atoms with Crippen molar-refractivity contribution in [2.75, 3.05) is 11.9 Å². The van der Waals surface area contributed by atoms with E-state index in [1.165, 1.54) is 0 Å². The quantitative estimate of drug-likeness (QED) is 0.358. The average Bonchev–Trinajstić information content (AvgIpc) is 2.82. The minimum absolute atomic E-state index is 0.0356. The number of nitrogens with two attached hydrogens (primary N) is 1. The number of anilines is 1. The highest BCUT2D eigenvalue weighted by atomic mass is 16.4. The molecule has 0 saturated heterocycles. The number of aromatic nitrogens is 4. The number of aryl methyl sites for hydroxylation is 2. The topological polar surface area (TPSA) is 105 Å². The van der Waals surface area contributed by atoms with Crippen molar-refractivity contribution in [3.63, 3.8) is 0 Å². The summed E-state index contributed by atoms with van der Waals surface area (Å²) in [6.45, 7) is 2.45. The van der Waals surface area contributed by atoms with E-state index in [4.69, 9.17) is 10.9 Å². The van der Waals surface area contributed by atoms with Crippen LogP contribution in [0, 0.1) is 6.92 Å². The first kappa shape index (κ1) is 13.8. The maximum Gasteiger partial charge on any atom is 0.226 e. The molecule has 0 bridgehead atoms. The molecule has 0 aliphatic heterocycles. The van der Waals surface area contributed by atoms with E-state index in [2.05, 4.69) is 20.2 Å². The van der Waals surface area contributed by atoms with Crippen LogP contribution in [0.25, 0.3) is 0 Å². The Labute approximate surface area is 116 Å². The van der Waals surface area contributed by atoms with Gasteiger partial charge in [0.25, 0.3) is 0 Å². The fraction of sp³-hybridized carbons (Fsp3) is 0.333. The van der Waals surface area contributed by atoms with Crippen molar-refractivity contribution in [2.45, 2.75) is 13.5 Å². The van der Waals surface area contributed by atoms with Crippen LogP contribution in [0.3, 0.4) is 0 Å². The van der Waals surface area contributed by atoms with Crippen molar-refractivity contribution in [2.24, 2.45) is 17.9 Å². The van der Waals surface area contributed by atoms with Crippen molar-refractivity contribution in [1.82, 2.24) is 19.7 Å². The van der Waals surface area contributed by atoms with Gasteiger partial charge in [-0.1, -0.05) is 5.16 Å². The summed E-state index contributed by atoms with van der Waals surface area (Å²) < 4.78 is 1.74. The van der Waals surface area contributed by atoms with Gasteiger partial charge in [-0.3, -0.25) is 4.68 Å². The molecule has 0 fully saturated rings. The van der Waals surface area contributed by atoms with Gasteiger partial charge in [0, 0.05) is 38.1 Å². The van der Waals surface area contributed by atoms with E-state index in [9.17, 15) is 0 Å². The number of nitrogens with zero attached hydrogens (tertiary/aromatic N) is 6. The minimum Gasteiger partial charge on any atom is -0.409 e. The standard InChI is InChI=1S/C12H17N7O/c1-8-4-10(11(13)17-20)16-12(15-8)18(2)6-9-5-14-19(3)7-9/h4-5,7,20H,6H2,1-3H3,(H2,13,17). The van der Waals surface area contributed by atoms with E-state index < -0.39 is 0 Å². The zero-order valence-corrected chi connectivity index (χ0v) is 11.6. The predicted octanol–water partition coefficient (Wildman–Crippen LogP) is 0.249. The Kier molecular flexibility index (Phi) is 3.83. The monoisotopic (exact) mass is 275 g/mol. The summed E-state index contributed by atoms with van der Waals surface area (Å²) in [4.78, 5) is 10.5. The average molecular weight is 275 g/mol. The summed E-state index contributed by atoms with van der Waals surface area (Å²) in [5.74, 6) is 0.474. The fourth-order valence-electron chi connectivity index (χ4n) is 1.80. The van der Waals surface area contributed by atoms with Crippen LogP contribution in [-0.2, 0) is 13.6 Å². The Bertz CT molecular complexity index is 634. The summed E-state index contributed by atoms with van der Waals surface area (Å²) in [6, 6.07) is 1.66. The van der Waals surface area contributed by atoms with Gasteiger partial charge >= 0.3 is 0 Å². The van der Waals surface area contributed by atoms with Crippen LogP contribution in [-0.4, -0.2) is 37.8 Å². The van der Waals surface area contributed by atoms with Crippen molar-refractivity contribution < 1.29 is 5.21 Å². The van der Waals surface area contributed by atoms with Crippen LogP contribution in [0.1, 0.15) is 17.0 Å².